The number of nitrogens with one attached hydrogen (secondary N) is 1. The molecule has 2 aromatic heterocycles. The van der Waals surface area contributed by atoms with Crippen LogP contribution in [0.15, 0.2) is 24.8 Å². The predicted molar refractivity (Wildman–Crippen MR) is 94.2 cm³/mol. The van der Waals surface area contributed by atoms with Crippen molar-refractivity contribution in [1.82, 2.24) is 24.8 Å². The van der Waals surface area contributed by atoms with Crippen LogP contribution in [0.4, 0.5) is 5.82 Å². The van der Waals surface area contributed by atoms with Gasteiger partial charge in [-0.1, -0.05) is 0 Å². The van der Waals surface area contributed by atoms with Gasteiger partial charge >= 0.3 is 0 Å². The van der Waals surface area contributed by atoms with Crippen molar-refractivity contribution in [2.45, 2.75) is 45.2 Å². The zero-order chi connectivity index (χ0) is 17.2. The van der Waals surface area contributed by atoms with Gasteiger partial charge < -0.3 is 14.8 Å². The number of aryl methyl sites for hydroxylation is 2. The third-order valence-corrected chi connectivity index (χ3v) is 5.20. The number of carbonyl (C=O) groups is 1. The normalized spacial score (nSPS) is 21.0. The van der Waals surface area contributed by atoms with Gasteiger partial charge in [-0.05, 0) is 26.2 Å². The maximum atomic E-state index is 12.6. The van der Waals surface area contributed by atoms with E-state index < -0.39 is 0 Å². The fraction of sp³-hybridized carbons (Fsp3) is 0.556. The number of imidazole rings is 1. The smallest absolute Gasteiger partial charge is 0.223 e. The molecule has 1 amide bonds. The van der Waals surface area contributed by atoms with Crippen LogP contribution in [0, 0.1) is 12.8 Å². The number of fused-ring (bicyclic) bond motifs is 1. The Hall–Kier alpha value is -2.44. The number of amides is 1. The van der Waals surface area contributed by atoms with E-state index in [1.54, 1.807) is 18.6 Å². The lowest BCUT2D eigenvalue weighted by Gasteiger charge is -2.33. The number of anilines is 1. The van der Waals surface area contributed by atoms with E-state index in [1.807, 2.05) is 6.92 Å². The SMILES string of the molecule is Cc1cn2c(n1)CC[C@H](NC(=O)C1CCN(c3cnccn3)CC1)C2. The highest BCUT2D eigenvalue weighted by molar-refractivity contribution is 5.79. The van der Waals surface area contributed by atoms with Gasteiger partial charge in [0, 0.05) is 56.6 Å². The van der Waals surface area contributed by atoms with Gasteiger partial charge in [-0.25, -0.2) is 9.97 Å². The maximum Gasteiger partial charge on any atom is 0.223 e. The van der Waals surface area contributed by atoms with Gasteiger partial charge in [0.15, 0.2) is 0 Å². The largest absolute Gasteiger partial charge is 0.355 e. The molecular weight excluding hydrogens is 316 g/mol. The second-order valence-electron chi connectivity index (χ2n) is 7.02. The molecule has 0 radical (unpaired) electrons. The van der Waals surface area contributed by atoms with Gasteiger partial charge in [0.25, 0.3) is 0 Å². The minimum Gasteiger partial charge on any atom is -0.355 e. The lowest BCUT2D eigenvalue weighted by Crippen LogP contribution is -2.46. The average molecular weight is 340 g/mol. The van der Waals surface area contributed by atoms with Gasteiger partial charge in [0.05, 0.1) is 11.9 Å². The highest BCUT2D eigenvalue weighted by Crippen LogP contribution is 2.22. The summed E-state index contributed by atoms with van der Waals surface area (Å²) in [6.07, 6.45) is 10.9. The standard InChI is InChI=1S/C18H24N6O/c1-13-11-24-12-15(2-3-16(24)21-13)22-18(25)14-4-8-23(9-5-14)17-10-19-6-7-20-17/h6-7,10-11,14-15H,2-5,8-9,12H2,1H3,(H,22,25)/t15-/m0/s1. The van der Waals surface area contributed by atoms with Crippen LogP contribution in [0.5, 0.6) is 0 Å². The molecule has 1 fully saturated rings. The molecule has 7 nitrogen and oxygen atoms in total. The van der Waals surface area contributed by atoms with Crippen LogP contribution in [0.1, 0.15) is 30.8 Å². The molecule has 0 aliphatic carbocycles. The Bertz CT molecular complexity index is 735. The molecular formula is C18H24N6O. The maximum absolute atomic E-state index is 12.6. The van der Waals surface area contributed by atoms with Crippen molar-refractivity contribution in [2.24, 2.45) is 5.92 Å². The molecule has 2 aliphatic rings. The van der Waals surface area contributed by atoms with Crippen molar-refractivity contribution in [3.63, 3.8) is 0 Å². The Morgan fingerprint density at radius 1 is 1.24 bits per heavy atom. The number of carbonyl (C=O) groups excluding carboxylic acids is 1. The van der Waals surface area contributed by atoms with Crippen LogP contribution in [-0.2, 0) is 17.8 Å². The molecule has 132 valence electrons. The second-order valence-corrected chi connectivity index (χ2v) is 7.02. The van der Waals surface area contributed by atoms with Crippen molar-refractivity contribution in [2.75, 3.05) is 18.0 Å². The summed E-state index contributed by atoms with van der Waals surface area (Å²) < 4.78 is 2.18. The molecule has 2 aromatic rings. The Labute approximate surface area is 147 Å². The van der Waals surface area contributed by atoms with Crippen LogP contribution in [0.25, 0.3) is 0 Å². The molecule has 4 heterocycles. The molecule has 7 heteroatoms. The van der Waals surface area contributed by atoms with Gasteiger partial charge in [-0.3, -0.25) is 9.78 Å². The molecule has 4 rings (SSSR count). The number of nitrogens with zero attached hydrogens (tertiary/aromatic N) is 5. The zero-order valence-corrected chi connectivity index (χ0v) is 14.6. The predicted octanol–water partition coefficient (Wildman–Crippen LogP) is 1.33. The summed E-state index contributed by atoms with van der Waals surface area (Å²) >= 11 is 0. The van der Waals surface area contributed by atoms with Crippen LogP contribution in [-0.4, -0.2) is 44.6 Å². The zero-order valence-electron chi connectivity index (χ0n) is 14.6. The first-order valence-corrected chi connectivity index (χ1v) is 9.03. The van der Waals surface area contributed by atoms with E-state index in [4.69, 9.17) is 0 Å². The third-order valence-electron chi connectivity index (χ3n) is 5.20. The Morgan fingerprint density at radius 3 is 2.84 bits per heavy atom. The van der Waals surface area contributed by atoms with E-state index in [-0.39, 0.29) is 17.9 Å². The molecule has 1 atom stereocenters. The first-order valence-electron chi connectivity index (χ1n) is 9.03. The number of hydrogen-bond donors (Lipinski definition) is 1. The monoisotopic (exact) mass is 340 g/mol. The molecule has 0 aromatic carbocycles. The first kappa shape index (κ1) is 16.1. The Kier molecular flexibility index (Phi) is 4.38. The van der Waals surface area contributed by atoms with Gasteiger partial charge in [-0.2, -0.15) is 0 Å². The van der Waals surface area contributed by atoms with Crippen molar-refractivity contribution < 1.29 is 4.79 Å². The van der Waals surface area contributed by atoms with Crippen LogP contribution in [0.3, 0.4) is 0 Å². The summed E-state index contributed by atoms with van der Waals surface area (Å²) in [5.74, 6) is 2.33. The van der Waals surface area contributed by atoms with Crippen molar-refractivity contribution in [3.05, 3.63) is 36.3 Å². The van der Waals surface area contributed by atoms with Crippen LogP contribution >= 0.6 is 0 Å². The number of hydrogen-bond acceptors (Lipinski definition) is 5. The van der Waals surface area contributed by atoms with Crippen molar-refractivity contribution >= 4 is 11.7 Å². The van der Waals surface area contributed by atoms with E-state index in [1.165, 1.54) is 0 Å². The summed E-state index contributed by atoms with van der Waals surface area (Å²) in [4.78, 5) is 27.8. The molecule has 1 N–H and O–H groups in total. The minimum absolute atomic E-state index is 0.0961. The fourth-order valence-electron chi connectivity index (χ4n) is 3.85. The lowest BCUT2D eigenvalue weighted by atomic mass is 9.95. The minimum atomic E-state index is 0.0961. The van der Waals surface area contributed by atoms with Crippen LogP contribution in [0.2, 0.25) is 0 Å². The Balaban J connectivity index is 1.30. The van der Waals surface area contributed by atoms with E-state index in [9.17, 15) is 4.79 Å². The van der Waals surface area contributed by atoms with E-state index in [2.05, 4.69) is 35.9 Å². The van der Waals surface area contributed by atoms with E-state index in [0.29, 0.717) is 0 Å². The van der Waals surface area contributed by atoms with Gasteiger partial charge in [0.1, 0.15) is 11.6 Å². The summed E-state index contributed by atoms with van der Waals surface area (Å²) in [6, 6.07) is 0.214. The molecule has 0 unspecified atom stereocenters. The highest BCUT2D eigenvalue weighted by Gasteiger charge is 2.28. The fourth-order valence-corrected chi connectivity index (χ4v) is 3.85. The average Bonchev–Trinajstić information content (AvgIpc) is 3.02. The number of piperidine rings is 1. The van der Waals surface area contributed by atoms with Gasteiger partial charge in [0.2, 0.25) is 5.91 Å². The third kappa shape index (κ3) is 3.50. The van der Waals surface area contributed by atoms with E-state index >= 15 is 0 Å². The molecule has 1 saturated heterocycles. The summed E-state index contributed by atoms with van der Waals surface area (Å²) in [6.45, 7) is 4.56. The number of rotatable bonds is 3. The Morgan fingerprint density at radius 2 is 2.08 bits per heavy atom. The molecule has 25 heavy (non-hydrogen) atoms. The molecule has 2 aliphatic heterocycles. The first-order chi connectivity index (χ1) is 12.2. The van der Waals surface area contributed by atoms with Crippen LogP contribution < -0.4 is 10.2 Å². The topological polar surface area (TPSA) is 75.9 Å². The highest BCUT2D eigenvalue weighted by atomic mass is 16.2. The van der Waals surface area contributed by atoms with Crippen molar-refractivity contribution in [1.29, 1.82) is 0 Å². The van der Waals surface area contributed by atoms with E-state index in [0.717, 1.165) is 62.7 Å². The molecule has 0 bridgehead atoms. The quantitative estimate of drug-likeness (QED) is 0.912. The second kappa shape index (κ2) is 6.82. The molecule has 0 saturated carbocycles. The summed E-state index contributed by atoms with van der Waals surface area (Å²) in [7, 11) is 0. The summed E-state index contributed by atoms with van der Waals surface area (Å²) in [5, 5.41) is 3.26. The number of aromatic nitrogens is 4. The summed E-state index contributed by atoms with van der Waals surface area (Å²) in [5.41, 5.74) is 1.05. The molecule has 0 spiro atoms. The lowest BCUT2D eigenvalue weighted by molar-refractivity contribution is -0.126. The van der Waals surface area contributed by atoms with Gasteiger partial charge in [-0.15, -0.1) is 0 Å². The van der Waals surface area contributed by atoms with Crippen molar-refractivity contribution in [3.8, 4) is 0 Å².